The molecule has 2 N–H and O–H groups in total. The van der Waals surface area contributed by atoms with Gasteiger partial charge in [0.1, 0.15) is 11.5 Å². The Bertz CT molecular complexity index is 2000. The zero-order chi connectivity index (χ0) is 31.8. The van der Waals surface area contributed by atoms with Crippen molar-refractivity contribution in [3.05, 3.63) is 119 Å². The zero-order valence-corrected chi connectivity index (χ0v) is 22.1. The van der Waals surface area contributed by atoms with Gasteiger partial charge in [-0.25, -0.2) is 39.5 Å². The molecule has 0 heterocycles. The average Bonchev–Trinajstić information content (AvgIpc) is 3.02. The van der Waals surface area contributed by atoms with Gasteiger partial charge >= 0.3 is 0 Å². The van der Waals surface area contributed by atoms with Gasteiger partial charge in [0.25, 0.3) is 0 Å². The first-order chi connectivity index (χ1) is 20.9. The molecule has 0 saturated heterocycles. The second-order valence-electron chi connectivity index (χ2n) is 9.94. The maximum atomic E-state index is 15.2. The van der Waals surface area contributed by atoms with Gasteiger partial charge in [0.15, 0.2) is 46.5 Å². The highest BCUT2D eigenvalue weighted by Crippen LogP contribution is 2.52. The van der Waals surface area contributed by atoms with Crippen LogP contribution in [0.1, 0.15) is 5.56 Å². The molecular weight excluding hydrogens is 599 g/mol. The normalized spacial score (nSPS) is 11.6. The number of halogens is 9. The van der Waals surface area contributed by atoms with E-state index >= 15 is 8.78 Å². The fourth-order valence-electron chi connectivity index (χ4n) is 5.38. The minimum absolute atomic E-state index is 0.0671. The van der Waals surface area contributed by atoms with E-state index in [1.54, 1.807) is 0 Å². The van der Waals surface area contributed by atoms with Crippen LogP contribution in [-0.4, -0.2) is 10.2 Å². The van der Waals surface area contributed by atoms with Gasteiger partial charge in [-0.15, -0.1) is 0 Å². The highest BCUT2D eigenvalue weighted by molar-refractivity contribution is 6.14. The second-order valence-corrected chi connectivity index (χ2v) is 9.94. The molecule has 0 fully saturated rings. The molecule has 222 valence electrons. The molecule has 6 rings (SSSR count). The second kappa shape index (κ2) is 10.2. The van der Waals surface area contributed by atoms with Gasteiger partial charge in [-0.2, -0.15) is 0 Å². The number of aromatic hydroxyl groups is 2. The lowest BCUT2D eigenvalue weighted by Crippen LogP contribution is -2.05. The average molecular weight is 614 g/mol. The van der Waals surface area contributed by atoms with Gasteiger partial charge in [0.2, 0.25) is 5.82 Å². The Balaban J connectivity index is 1.82. The molecule has 0 atom stereocenters. The van der Waals surface area contributed by atoms with Crippen molar-refractivity contribution in [3.8, 4) is 44.9 Å². The van der Waals surface area contributed by atoms with E-state index in [1.807, 2.05) is 0 Å². The third-order valence-electron chi connectivity index (χ3n) is 7.53. The summed E-state index contributed by atoms with van der Waals surface area (Å²) in [6.45, 7) is 0.807. The molecule has 0 amide bonds. The lowest BCUT2D eigenvalue weighted by molar-refractivity contribution is 0.380. The summed E-state index contributed by atoms with van der Waals surface area (Å²) >= 11 is 0. The molecule has 0 spiro atoms. The first-order valence-corrected chi connectivity index (χ1v) is 12.7. The quantitative estimate of drug-likeness (QED) is 0.118. The summed E-state index contributed by atoms with van der Waals surface area (Å²) in [6.07, 6.45) is 0. The van der Waals surface area contributed by atoms with Gasteiger partial charge in [0.05, 0.1) is 11.1 Å². The van der Waals surface area contributed by atoms with E-state index < -0.39 is 103 Å². The summed E-state index contributed by atoms with van der Waals surface area (Å²) in [5, 5.41) is 23.4. The van der Waals surface area contributed by atoms with Gasteiger partial charge < -0.3 is 10.2 Å². The fraction of sp³-hybridized carbons (Fsp3) is 0.0303. The van der Waals surface area contributed by atoms with Crippen LogP contribution in [0.2, 0.25) is 0 Å². The molecule has 6 aromatic carbocycles. The summed E-state index contributed by atoms with van der Waals surface area (Å²) in [5.41, 5.74) is -6.20. The van der Waals surface area contributed by atoms with Crippen molar-refractivity contribution in [3.63, 3.8) is 0 Å². The Morgan fingerprint density at radius 3 is 1.11 bits per heavy atom. The largest absolute Gasteiger partial charge is 0.507 e. The molecule has 44 heavy (non-hydrogen) atoms. The molecule has 6 aromatic rings. The van der Waals surface area contributed by atoms with E-state index in [9.17, 15) is 40.9 Å². The minimum atomic E-state index is -2.43. The Labute approximate surface area is 241 Å². The van der Waals surface area contributed by atoms with E-state index in [2.05, 4.69) is 0 Å². The fourth-order valence-corrected chi connectivity index (χ4v) is 5.38. The molecule has 0 aliphatic heterocycles. The van der Waals surface area contributed by atoms with E-state index in [1.165, 1.54) is 48.5 Å². The van der Waals surface area contributed by atoms with Crippen molar-refractivity contribution in [1.82, 2.24) is 0 Å². The zero-order valence-electron chi connectivity index (χ0n) is 22.1. The predicted octanol–water partition coefficient (Wildman–Crippen LogP) is 9.97. The summed E-state index contributed by atoms with van der Waals surface area (Å²) in [7, 11) is 0. The molecule has 0 bridgehead atoms. The third kappa shape index (κ3) is 3.99. The topological polar surface area (TPSA) is 40.5 Å². The van der Waals surface area contributed by atoms with Crippen molar-refractivity contribution in [2.45, 2.75) is 6.92 Å². The number of rotatable bonds is 3. The Kier molecular flexibility index (Phi) is 6.71. The lowest BCUT2D eigenvalue weighted by atomic mass is 9.86. The number of fused-ring (bicyclic) bond motifs is 2. The summed E-state index contributed by atoms with van der Waals surface area (Å²) < 4.78 is 132. The van der Waals surface area contributed by atoms with E-state index in [0.29, 0.717) is 0 Å². The first-order valence-electron chi connectivity index (χ1n) is 12.7. The monoisotopic (exact) mass is 614 g/mol. The van der Waals surface area contributed by atoms with Gasteiger partial charge in [-0.05, 0) is 40.6 Å². The van der Waals surface area contributed by atoms with Crippen molar-refractivity contribution in [2.24, 2.45) is 0 Å². The molecule has 0 aliphatic carbocycles. The molecule has 0 aliphatic rings. The molecule has 0 saturated carbocycles. The maximum Gasteiger partial charge on any atom is 0.200 e. The van der Waals surface area contributed by atoms with Crippen LogP contribution in [-0.2, 0) is 0 Å². The van der Waals surface area contributed by atoms with Crippen LogP contribution >= 0.6 is 0 Å². The van der Waals surface area contributed by atoms with Crippen molar-refractivity contribution in [2.75, 3.05) is 0 Å². The summed E-state index contributed by atoms with van der Waals surface area (Å²) in [4.78, 5) is 0. The number of hydrogen-bond donors (Lipinski definition) is 2. The maximum absolute atomic E-state index is 15.2. The van der Waals surface area contributed by atoms with E-state index in [4.69, 9.17) is 0 Å². The SMILES string of the molecule is Cc1c(F)c(F)c(-c2cc3ccccc3c(-c3c(O)c(-c4c(F)c(F)c(F)c(F)c4F)cc4ccccc34)c2O)c(F)c1F. The Hall–Kier alpha value is -5.19. The van der Waals surface area contributed by atoms with Gasteiger partial charge in [-0.1, -0.05) is 48.5 Å². The first kappa shape index (κ1) is 28.9. The number of phenols is 2. The predicted molar refractivity (Wildman–Crippen MR) is 145 cm³/mol. The third-order valence-corrected chi connectivity index (χ3v) is 7.53. The van der Waals surface area contributed by atoms with Crippen LogP contribution in [0.3, 0.4) is 0 Å². The Morgan fingerprint density at radius 2 is 0.727 bits per heavy atom. The molecule has 0 radical (unpaired) electrons. The molecule has 2 nitrogen and oxygen atoms in total. The van der Waals surface area contributed by atoms with Gasteiger partial charge in [-0.3, -0.25) is 0 Å². The molecule has 0 unspecified atom stereocenters. The minimum Gasteiger partial charge on any atom is -0.507 e. The Morgan fingerprint density at radius 1 is 0.409 bits per heavy atom. The van der Waals surface area contributed by atoms with Crippen LogP contribution < -0.4 is 0 Å². The smallest absolute Gasteiger partial charge is 0.200 e. The number of hydrogen-bond acceptors (Lipinski definition) is 2. The number of phenolic OH excluding ortho intramolecular Hbond substituents is 2. The van der Waals surface area contributed by atoms with E-state index in [-0.39, 0.29) is 21.5 Å². The molecule has 0 aromatic heterocycles. The van der Waals surface area contributed by atoms with Gasteiger partial charge in [0, 0.05) is 27.8 Å². The molecule has 11 heteroatoms. The van der Waals surface area contributed by atoms with Crippen molar-refractivity contribution < 1.29 is 49.7 Å². The van der Waals surface area contributed by atoms with E-state index in [0.717, 1.165) is 19.1 Å². The standard InChI is InChI=1S/C33H15F9O2/c1-12-23(34)25(36)21(26(37)24(12)35)17-10-13-6-2-4-8-15(13)19(32(17)43)20-16-9-5-3-7-14(16)11-18(33(20)44)22-27(38)29(40)31(42)30(41)28(22)39/h2-11,43-44H,1H3. The summed E-state index contributed by atoms with van der Waals surface area (Å²) in [6, 6.07) is 13.5. The van der Waals surface area contributed by atoms with Crippen molar-refractivity contribution in [1.29, 1.82) is 0 Å². The van der Waals surface area contributed by atoms with Crippen LogP contribution in [0, 0.1) is 59.3 Å². The highest BCUT2D eigenvalue weighted by Gasteiger charge is 2.32. The lowest BCUT2D eigenvalue weighted by Gasteiger charge is -2.20. The summed E-state index contributed by atoms with van der Waals surface area (Å²) in [5.74, 6) is -20.7. The van der Waals surface area contributed by atoms with Crippen LogP contribution in [0.5, 0.6) is 11.5 Å². The highest BCUT2D eigenvalue weighted by atomic mass is 19.2. The van der Waals surface area contributed by atoms with Crippen LogP contribution in [0.25, 0.3) is 54.9 Å². The van der Waals surface area contributed by atoms with Crippen molar-refractivity contribution >= 4 is 21.5 Å². The molecular formula is C33H15F9O2. The van der Waals surface area contributed by atoms with Crippen LogP contribution in [0.4, 0.5) is 39.5 Å². The van der Waals surface area contributed by atoms with Crippen LogP contribution in [0.15, 0.2) is 60.7 Å². The number of benzene rings is 6.